The SMILES string of the molecule is Cc1noc(NS(=O)(=O)c2ccccc2-c2ccc(C[N+](C)(C(=O)CCc3ccccc3)[C@H](C(N)=O)C(C)C)cc2)c1C. The van der Waals surface area contributed by atoms with E-state index in [1.54, 1.807) is 39.1 Å². The van der Waals surface area contributed by atoms with E-state index in [0.717, 1.165) is 11.1 Å². The van der Waals surface area contributed by atoms with E-state index >= 15 is 0 Å². The van der Waals surface area contributed by atoms with Gasteiger partial charge in [-0.2, -0.15) is 0 Å². The number of amides is 2. The van der Waals surface area contributed by atoms with Crippen molar-refractivity contribution in [2.24, 2.45) is 11.7 Å². The molecule has 0 saturated heterocycles. The zero-order valence-corrected chi connectivity index (χ0v) is 26.0. The van der Waals surface area contributed by atoms with E-state index < -0.39 is 22.0 Å². The zero-order valence-electron chi connectivity index (χ0n) is 25.2. The number of carbonyl (C=O) groups is 2. The lowest BCUT2D eigenvalue weighted by atomic mass is 9.96. The number of carbonyl (C=O) groups excluding carboxylic acids is 2. The molecule has 4 aromatic rings. The molecule has 0 aliphatic heterocycles. The van der Waals surface area contributed by atoms with E-state index in [4.69, 9.17) is 10.3 Å². The Balaban J connectivity index is 1.63. The summed E-state index contributed by atoms with van der Waals surface area (Å²) >= 11 is 0. The first-order valence-corrected chi connectivity index (χ1v) is 15.7. The molecule has 4 rings (SSSR count). The maximum atomic E-state index is 13.8. The highest BCUT2D eigenvalue weighted by Crippen LogP contribution is 2.31. The first-order chi connectivity index (χ1) is 20.3. The van der Waals surface area contributed by atoms with Gasteiger partial charge in [-0.15, -0.1) is 0 Å². The van der Waals surface area contributed by atoms with Crippen molar-refractivity contribution >= 4 is 27.7 Å². The Morgan fingerprint density at radius 1 is 0.930 bits per heavy atom. The van der Waals surface area contributed by atoms with Gasteiger partial charge in [-0.3, -0.25) is 4.79 Å². The predicted octanol–water partition coefficient (Wildman–Crippen LogP) is 5.38. The second-order valence-corrected chi connectivity index (χ2v) is 13.1. The molecule has 9 nitrogen and oxygen atoms in total. The highest BCUT2D eigenvalue weighted by atomic mass is 32.2. The van der Waals surface area contributed by atoms with E-state index in [1.807, 2.05) is 68.4 Å². The summed E-state index contributed by atoms with van der Waals surface area (Å²) in [7, 11) is -2.22. The monoisotopic (exact) mass is 603 g/mol. The molecule has 1 unspecified atom stereocenters. The number of hydrogen-bond acceptors (Lipinski definition) is 6. The minimum absolute atomic E-state index is 0.0748. The lowest BCUT2D eigenvalue weighted by molar-refractivity contribution is -0.868. The lowest BCUT2D eigenvalue weighted by Crippen LogP contribution is -2.62. The molecule has 1 aromatic heterocycles. The third-order valence-corrected chi connectivity index (χ3v) is 9.30. The van der Waals surface area contributed by atoms with Gasteiger partial charge in [-0.05, 0) is 37.5 Å². The lowest BCUT2D eigenvalue weighted by Gasteiger charge is -2.39. The van der Waals surface area contributed by atoms with Crippen molar-refractivity contribution in [3.63, 3.8) is 0 Å². The summed E-state index contributed by atoms with van der Waals surface area (Å²) in [5.74, 6) is -0.688. The molecule has 2 amide bonds. The fourth-order valence-electron chi connectivity index (χ4n) is 5.56. The highest BCUT2D eigenvalue weighted by Gasteiger charge is 2.45. The van der Waals surface area contributed by atoms with Crippen LogP contribution in [0.4, 0.5) is 5.88 Å². The van der Waals surface area contributed by atoms with Crippen LogP contribution in [0.2, 0.25) is 0 Å². The van der Waals surface area contributed by atoms with Gasteiger partial charge in [-0.1, -0.05) is 91.8 Å². The van der Waals surface area contributed by atoms with Crippen LogP contribution in [0.5, 0.6) is 0 Å². The van der Waals surface area contributed by atoms with Crippen LogP contribution in [0.1, 0.15) is 42.7 Å². The molecule has 43 heavy (non-hydrogen) atoms. The number of primary amides is 1. The van der Waals surface area contributed by atoms with Crippen LogP contribution in [0.15, 0.2) is 88.3 Å². The second kappa shape index (κ2) is 12.9. The number of likely N-dealkylation sites (N-methyl/N-ethyl adjacent to an activating group) is 1. The summed E-state index contributed by atoms with van der Waals surface area (Å²) in [5, 5.41) is 3.83. The van der Waals surface area contributed by atoms with Crippen LogP contribution in [0.25, 0.3) is 11.1 Å². The van der Waals surface area contributed by atoms with Crippen molar-refractivity contribution in [1.29, 1.82) is 0 Å². The molecule has 226 valence electrons. The van der Waals surface area contributed by atoms with Gasteiger partial charge in [0.15, 0.2) is 6.04 Å². The molecular weight excluding hydrogens is 564 g/mol. The van der Waals surface area contributed by atoms with Crippen LogP contribution in [0, 0.1) is 19.8 Å². The number of nitrogens with zero attached hydrogens (tertiary/aromatic N) is 2. The Labute approximate surface area is 253 Å². The summed E-state index contributed by atoms with van der Waals surface area (Å²) in [4.78, 5) is 26.5. The van der Waals surface area contributed by atoms with Gasteiger partial charge in [0, 0.05) is 22.6 Å². The maximum absolute atomic E-state index is 13.8. The molecule has 0 aliphatic rings. The Morgan fingerprint density at radius 3 is 2.14 bits per heavy atom. The van der Waals surface area contributed by atoms with Gasteiger partial charge in [0.1, 0.15) is 6.54 Å². The average molecular weight is 604 g/mol. The van der Waals surface area contributed by atoms with Gasteiger partial charge in [-0.25, -0.2) is 22.4 Å². The van der Waals surface area contributed by atoms with Crippen molar-refractivity contribution in [2.45, 2.75) is 58.0 Å². The van der Waals surface area contributed by atoms with E-state index in [1.165, 1.54) is 6.07 Å². The predicted molar refractivity (Wildman–Crippen MR) is 166 cm³/mol. The van der Waals surface area contributed by atoms with Crippen LogP contribution in [0.3, 0.4) is 0 Å². The average Bonchev–Trinajstić information content (AvgIpc) is 3.28. The molecule has 0 fully saturated rings. The molecule has 0 radical (unpaired) electrons. The molecule has 2 atom stereocenters. The van der Waals surface area contributed by atoms with Crippen molar-refractivity contribution in [2.75, 3.05) is 11.8 Å². The second-order valence-electron chi connectivity index (χ2n) is 11.4. The Kier molecular flexibility index (Phi) is 9.52. The fourth-order valence-corrected chi connectivity index (χ4v) is 6.83. The van der Waals surface area contributed by atoms with Crippen molar-refractivity contribution in [3.8, 4) is 11.1 Å². The number of anilines is 1. The van der Waals surface area contributed by atoms with Gasteiger partial charge >= 0.3 is 5.91 Å². The highest BCUT2D eigenvalue weighted by molar-refractivity contribution is 7.92. The Morgan fingerprint density at radius 2 is 1.56 bits per heavy atom. The number of aryl methyl sites for hydroxylation is 2. The number of sulfonamides is 1. The molecule has 3 N–H and O–H groups in total. The topological polar surface area (TPSA) is 132 Å². The minimum Gasteiger partial charge on any atom is -0.364 e. The number of nitrogens with one attached hydrogen (secondary N) is 1. The number of benzene rings is 3. The number of nitrogens with two attached hydrogens (primary N) is 1. The maximum Gasteiger partial charge on any atom is 0.314 e. The summed E-state index contributed by atoms with van der Waals surface area (Å²) < 4.78 is 34.3. The van der Waals surface area contributed by atoms with E-state index in [0.29, 0.717) is 28.8 Å². The number of hydrogen-bond donors (Lipinski definition) is 2. The summed E-state index contributed by atoms with van der Waals surface area (Å²) in [6, 6.07) is 23.1. The fraction of sp³-hybridized carbons (Fsp3) is 0.303. The van der Waals surface area contributed by atoms with E-state index in [2.05, 4.69) is 9.88 Å². The summed E-state index contributed by atoms with van der Waals surface area (Å²) in [5.41, 5.74) is 10.1. The van der Waals surface area contributed by atoms with E-state index in [-0.39, 0.29) is 40.1 Å². The standard InChI is InChI=1S/C33H38N4O5S/c1-22(2)31(32(34)39)37(5,30(38)20-17-25-11-7-6-8-12-25)21-26-15-18-27(19-16-26)28-13-9-10-14-29(28)43(40,41)36-33-23(3)24(4)35-42-33/h6-16,18-19,22,31H,17,20-21H2,1-5H3,(H2-,34,35,36,39)/p+1/t31-,37?/m0/s1. The van der Waals surface area contributed by atoms with Gasteiger partial charge in [0.25, 0.3) is 15.9 Å². The van der Waals surface area contributed by atoms with Crippen LogP contribution >= 0.6 is 0 Å². The first kappa shape index (κ1) is 31.7. The molecule has 0 spiro atoms. The number of quaternary nitrogens is 1. The first-order valence-electron chi connectivity index (χ1n) is 14.2. The normalized spacial score (nSPS) is 13.8. The Hall–Kier alpha value is -4.28. The zero-order chi connectivity index (χ0) is 31.4. The van der Waals surface area contributed by atoms with Gasteiger partial charge < -0.3 is 10.3 Å². The summed E-state index contributed by atoms with van der Waals surface area (Å²) in [6.45, 7) is 7.51. The molecule has 0 aliphatic carbocycles. The quantitative estimate of drug-likeness (QED) is 0.209. The van der Waals surface area contributed by atoms with Crippen LogP contribution < -0.4 is 10.5 Å². The van der Waals surface area contributed by atoms with Crippen LogP contribution in [-0.2, 0) is 32.6 Å². The van der Waals surface area contributed by atoms with Crippen molar-refractivity contribution in [3.05, 3.63) is 101 Å². The molecule has 0 bridgehead atoms. The third kappa shape index (κ3) is 7.03. The minimum atomic E-state index is -3.99. The molecule has 10 heteroatoms. The molecular formula is C33H39N4O5S+. The van der Waals surface area contributed by atoms with Gasteiger partial charge in [0.05, 0.1) is 24.1 Å². The van der Waals surface area contributed by atoms with Crippen LogP contribution in [-0.4, -0.2) is 43.0 Å². The van der Waals surface area contributed by atoms with Gasteiger partial charge in [0.2, 0.25) is 5.88 Å². The van der Waals surface area contributed by atoms with Crippen molar-refractivity contribution in [1.82, 2.24) is 5.16 Å². The molecule has 0 saturated carbocycles. The van der Waals surface area contributed by atoms with Crippen molar-refractivity contribution < 1.29 is 27.0 Å². The smallest absolute Gasteiger partial charge is 0.314 e. The number of rotatable bonds is 12. The molecule has 3 aromatic carbocycles. The number of aromatic nitrogens is 1. The largest absolute Gasteiger partial charge is 0.364 e. The molecule has 1 heterocycles. The Bertz CT molecular complexity index is 1700. The summed E-state index contributed by atoms with van der Waals surface area (Å²) in [6.07, 6.45) is 0.819. The van der Waals surface area contributed by atoms with E-state index in [9.17, 15) is 18.0 Å². The third-order valence-electron chi connectivity index (χ3n) is 7.91.